The Bertz CT molecular complexity index is 810. The fourth-order valence-corrected chi connectivity index (χ4v) is 3.88. The normalized spacial score (nSPS) is 13.9. The van der Waals surface area contributed by atoms with Gasteiger partial charge in [0.1, 0.15) is 0 Å². The van der Waals surface area contributed by atoms with Gasteiger partial charge in [0.25, 0.3) is 0 Å². The molecule has 1 heteroatoms. The predicted octanol–water partition coefficient (Wildman–Crippen LogP) is 8.86. The molecule has 3 rings (SSSR count). The summed E-state index contributed by atoms with van der Waals surface area (Å²) < 4.78 is 2.26. The largest absolute Gasteiger partial charge is 0.350 e. The lowest BCUT2D eigenvalue weighted by Gasteiger charge is -2.22. The second kappa shape index (κ2) is 13.0. The molecular formula is C28H41N. The molecule has 29 heavy (non-hydrogen) atoms. The Balaban J connectivity index is 0.000000989. The van der Waals surface area contributed by atoms with Crippen molar-refractivity contribution in [2.24, 2.45) is 7.05 Å². The van der Waals surface area contributed by atoms with Crippen molar-refractivity contribution in [1.82, 2.24) is 4.57 Å². The van der Waals surface area contributed by atoms with Crippen molar-refractivity contribution in [1.29, 1.82) is 0 Å². The van der Waals surface area contributed by atoms with Crippen LogP contribution in [0.1, 0.15) is 83.4 Å². The van der Waals surface area contributed by atoms with Crippen LogP contribution >= 0.6 is 0 Å². The first kappa shape index (κ1) is 24.8. The second-order valence-electron chi connectivity index (χ2n) is 7.07. The van der Waals surface area contributed by atoms with Crippen molar-refractivity contribution in [3.05, 3.63) is 77.5 Å². The van der Waals surface area contributed by atoms with E-state index in [0.717, 1.165) is 19.3 Å². The van der Waals surface area contributed by atoms with Gasteiger partial charge in [-0.05, 0) is 67.4 Å². The van der Waals surface area contributed by atoms with Gasteiger partial charge in [0.05, 0.1) is 5.69 Å². The minimum Gasteiger partial charge on any atom is -0.350 e. The van der Waals surface area contributed by atoms with E-state index in [0.29, 0.717) is 5.92 Å². The summed E-state index contributed by atoms with van der Waals surface area (Å²) >= 11 is 0. The van der Waals surface area contributed by atoms with Gasteiger partial charge in [0.15, 0.2) is 0 Å². The van der Waals surface area contributed by atoms with E-state index in [-0.39, 0.29) is 0 Å². The summed E-state index contributed by atoms with van der Waals surface area (Å²) in [5.41, 5.74) is 8.30. The highest BCUT2D eigenvalue weighted by Gasteiger charge is 2.20. The smallest absolute Gasteiger partial charge is 0.0510 e. The number of aryl methyl sites for hydroxylation is 2. The van der Waals surface area contributed by atoms with Gasteiger partial charge < -0.3 is 4.57 Å². The van der Waals surface area contributed by atoms with Crippen molar-refractivity contribution >= 4 is 5.57 Å². The fourth-order valence-electron chi connectivity index (χ4n) is 3.88. The zero-order chi connectivity index (χ0) is 21.8. The number of benzene rings is 1. The summed E-state index contributed by atoms with van der Waals surface area (Å²) in [5, 5.41) is 0. The highest BCUT2D eigenvalue weighted by atomic mass is 14.9. The number of rotatable bonds is 5. The third-order valence-corrected chi connectivity index (χ3v) is 5.16. The highest BCUT2D eigenvalue weighted by molar-refractivity contribution is 5.82. The molecule has 1 unspecified atom stereocenters. The first-order valence-corrected chi connectivity index (χ1v) is 11.4. The van der Waals surface area contributed by atoms with E-state index in [4.69, 9.17) is 0 Å². The Morgan fingerprint density at radius 1 is 1.03 bits per heavy atom. The van der Waals surface area contributed by atoms with E-state index in [2.05, 4.69) is 93.2 Å². The number of allylic oxidation sites excluding steroid dienone is 6. The first-order chi connectivity index (χ1) is 14.1. The minimum absolute atomic E-state index is 0.480. The molecule has 2 aromatic rings. The van der Waals surface area contributed by atoms with Crippen LogP contribution in [0.4, 0.5) is 0 Å². The zero-order valence-electron chi connectivity index (χ0n) is 19.9. The first-order valence-electron chi connectivity index (χ1n) is 11.4. The molecule has 1 aliphatic carbocycles. The highest BCUT2D eigenvalue weighted by Crippen LogP contribution is 2.39. The predicted molar refractivity (Wildman–Crippen MR) is 132 cm³/mol. The van der Waals surface area contributed by atoms with Crippen LogP contribution < -0.4 is 0 Å². The lowest BCUT2D eigenvalue weighted by atomic mass is 9.83. The molecule has 1 aliphatic rings. The lowest BCUT2D eigenvalue weighted by molar-refractivity contribution is 0.776. The molecule has 0 aliphatic heterocycles. The van der Waals surface area contributed by atoms with Crippen molar-refractivity contribution in [2.45, 2.75) is 73.6 Å². The number of hydrogen-bond donors (Lipinski definition) is 0. The maximum absolute atomic E-state index is 2.39. The van der Waals surface area contributed by atoms with Crippen LogP contribution in [0.15, 0.2) is 60.8 Å². The maximum atomic E-state index is 2.39. The summed E-state index contributed by atoms with van der Waals surface area (Å²) in [7, 11) is 2.15. The van der Waals surface area contributed by atoms with Crippen molar-refractivity contribution in [2.75, 3.05) is 0 Å². The minimum atomic E-state index is 0.480. The number of hydrogen-bond acceptors (Lipinski definition) is 0. The van der Waals surface area contributed by atoms with Gasteiger partial charge in [-0.3, -0.25) is 0 Å². The van der Waals surface area contributed by atoms with E-state index >= 15 is 0 Å². The Morgan fingerprint density at radius 3 is 2.28 bits per heavy atom. The Hall–Kier alpha value is -2.28. The van der Waals surface area contributed by atoms with Crippen LogP contribution in [0.2, 0.25) is 0 Å². The van der Waals surface area contributed by atoms with E-state index < -0.39 is 0 Å². The van der Waals surface area contributed by atoms with Gasteiger partial charge in [-0.25, -0.2) is 0 Å². The molecular weight excluding hydrogens is 350 g/mol. The van der Waals surface area contributed by atoms with Crippen molar-refractivity contribution < 1.29 is 0 Å². The van der Waals surface area contributed by atoms with Crippen LogP contribution in [0, 0.1) is 6.92 Å². The van der Waals surface area contributed by atoms with Crippen LogP contribution in [0.5, 0.6) is 0 Å². The molecule has 0 spiro atoms. The standard InChI is InChI=1S/C24H29N.2C2H6/c1-5-6-11-18(2)23-21(20-12-8-7-9-13-20)14-10-15-22(23)24-19(3)16-17-25(24)4;2*1-2/h5-6,8,10,12-18H,7,9,11H2,1-4H3;2*1-2H3. The molecule has 1 heterocycles. The van der Waals surface area contributed by atoms with Crippen LogP contribution in [-0.2, 0) is 7.05 Å². The van der Waals surface area contributed by atoms with Crippen LogP contribution in [0.25, 0.3) is 16.8 Å². The zero-order valence-corrected chi connectivity index (χ0v) is 19.9. The summed E-state index contributed by atoms with van der Waals surface area (Å²) in [6, 6.07) is 9.01. The van der Waals surface area contributed by atoms with E-state index in [9.17, 15) is 0 Å². The molecule has 0 amide bonds. The molecule has 0 fully saturated rings. The van der Waals surface area contributed by atoms with Crippen LogP contribution in [-0.4, -0.2) is 4.57 Å². The molecule has 1 nitrogen and oxygen atoms in total. The molecule has 0 saturated carbocycles. The molecule has 0 saturated heterocycles. The van der Waals surface area contributed by atoms with Crippen molar-refractivity contribution in [3.63, 3.8) is 0 Å². The van der Waals surface area contributed by atoms with Gasteiger partial charge in [-0.1, -0.05) is 83.2 Å². The third-order valence-electron chi connectivity index (χ3n) is 5.16. The molecule has 0 radical (unpaired) electrons. The van der Waals surface area contributed by atoms with Gasteiger partial charge >= 0.3 is 0 Å². The average Bonchev–Trinajstić information content (AvgIpc) is 3.12. The summed E-state index contributed by atoms with van der Waals surface area (Å²) in [5.74, 6) is 0.480. The Morgan fingerprint density at radius 2 is 1.72 bits per heavy atom. The number of aromatic nitrogens is 1. The molecule has 158 valence electrons. The average molecular weight is 392 g/mol. The van der Waals surface area contributed by atoms with Gasteiger partial charge in [0, 0.05) is 18.8 Å². The quantitative estimate of drug-likeness (QED) is 0.448. The maximum Gasteiger partial charge on any atom is 0.0510 e. The number of nitrogens with zero attached hydrogens (tertiary/aromatic N) is 1. The molecule has 1 atom stereocenters. The van der Waals surface area contributed by atoms with E-state index in [1.54, 1.807) is 0 Å². The van der Waals surface area contributed by atoms with Gasteiger partial charge in [-0.2, -0.15) is 0 Å². The molecule has 0 bridgehead atoms. The monoisotopic (exact) mass is 391 g/mol. The van der Waals surface area contributed by atoms with Crippen molar-refractivity contribution in [3.8, 4) is 11.3 Å². The second-order valence-corrected chi connectivity index (χ2v) is 7.07. The fraction of sp³-hybridized carbons (Fsp3) is 0.429. The topological polar surface area (TPSA) is 4.93 Å². The Kier molecular flexibility index (Phi) is 11.1. The van der Waals surface area contributed by atoms with Crippen LogP contribution in [0.3, 0.4) is 0 Å². The lowest BCUT2D eigenvalue weighted by Crippen LogP contribution is -2.04. The van der Waals surface area contributed by atoms with Gasteiger partial charge in [0.2, 0.25) is 0 Å². The van der Waals surface area contributed by atoms with Gasteiger partial charge in [-0.15, -0.1) is 0 Å². The summed E-state index contributed by atoms with van der Waals surface area (Å²) in [6.07, 6.45) is 17.0. The summed E-state index contributed by atoms with van der Waals surface area (Å²) in [4.78, 5) is 0. The third kappa shape index (κ3) is 6.10. The summed E-state index contributed by atoms with van der Waals surface area (Å²) in [6.45, 7) is 14.7. The SMILES string of the molecule is CC.CC.CC=CCC(C)c1c(C2=CCCC=C2)cccc1-c1c(C)ccn1C. The van der Waals surface area contributed by atoms with E-state index in [1.807, 2.05) is 27.7 Å². The Labute approximate surface area is 179 Å². The van der Waals surface area contributed by atoms with E-state index in [1.165, 1.54) is 33.5 Å². The molecule has 1 aromatic heterocycles. The molecule has 0 N–H and O–H groups in total. The molecule has 1 aromatic carbocycles.